The molecule has 0 atom stereocenters. The molecule has 6 rings (SSSR count). The number of hydrogen-bond acceptors (Lipinski definition) is 8. The molecule has 0 radical (unpaired) electrons. The Morgan fingerprint density at radius 1 is 1.00 bits per heavy atom. The van der Waals surface area contributed by atoms with Crippen LogP contribution < -0.4 is 20.1 Å². The smallest absolute Gasteiger partial charge is 0.345 e. The standard InChI is InChI=1S/C35H31F3N4O6/c1-4-46-27-16-28-24(29(32(44)39-2)30(48-28)19-6-9-21(36)10-7-19)15-23(27)20-8-11-26(45-3)25(14-20)31(43)42-35(33-40-12-5-13-41-33)17-22(18-35)47-34(37)38/h5-16,22,34H,4,17-18H2,1-3H3,(H,39,44)(H,42,43). The highest BCUT2D eigenvalue weighted by Crippen LogP contribution is 2.44. The molecule has 0 aliphatic heterocycles. The molecule has 13 heteroatoms. The second-order valence-corrected chi connectivity index (χ2v) is 11.1. The van der Waals surface area contributed by atoms with Crippen LogP contribution in [0, 0.1) is 5.82 Å². The van der Waals surface area contributed by atoms with E-state index in [1.807, 2.05) is 6.92 Å². The number of nitrogens with zero attached hydrogens (tertiary/aromatic N) is 2. The zero-order valence-corrected chi connectivity index (χ0v) is 26.2. The van der Waals surface area contributed by atoms with Crippen molar-refractivity contribution in [2.45, 2.75) is 38.0 Å². The van der Waals surface area contributed by atoms with Crippen molar-refractivity contribution in [1.29, 1.82) is 0 Å². The summed E-state index contributed by atoms with van der Waals surface area (Å²) in [7, 11) is 2.92. The monoisotopic (exact) mass is 660 g/mol. The molecule has 1 aliphatic rings. The van der Waals surface area contributed by atoms with Crippen LogP contribution in [0.15, 0.2) is 77.5 Å². The fourth-order valence-corrected chi connectivity index (χ4v) is 5.96. The predicted molar refractivity (Wildman–Crippen MR) is 169 cm³/mol. The fourth-order valence-electron chi connectivity index (χ4n) is 5.96. The summed E-state index contributed by atoms with van der Waals surface area (Å²) in [5, 5.41) is 6.06. The number of alkyl halides is 2. The Balaban J connectivity index is 1.43. The average molecular weight is 661 g/mol. The SMILES string of the molecule is CCOc1cc2oc(-c3ccc(F)cc3)c(C(=O)NC)c2cc1-c1ccc(OC)c(C(=O)NC2(c3ncccn3)CC(OC(F)F)C2)c1. The zero-order chi connectivity index (χ0) is 34.0. The molecular weight excluding hydrogens is 629 g/mol. The molecule has 0 spiro atoms. The van der Waals surface area contributed by atoms with Crippen molar-refractivity contribution in [3.63, 3.8) is 0 Å². The van der Waals surface area contributed by atoms with Gasteiger partial charge in [0, 0.05) is 54.9 Å². The number of methoxy groups -OCH3 is 1. The van der Waals surface area contributed by atoms with Gasteiger partial charge in [-0.25, -0.2) is 14.4 Å². The summed E-state index contributed by atoms with van der Waals surface area (Å²) in [6.45, 7) is -0.838. The lowest BCUT2D eigenvalue weighted by Crippen LogP contribution is -2.58. The highest BCUT2D eigenvalue weighted by atomic mass is 19.3. The minimum Gasteiger partial charge on any atom is -0.496 e. The minimum absolute atomic E-state index is 0.0411. The average Bonchev–Trinajstić information content (AvgIpc) is 3.45. The number of benzene rings is 3. The number of rotatable bonds is 11. The topological polar surface area (TPSA) is 125 Å². The number of carbonyl (C=O) groups excluding carboxylic acids is 2. The maximum Gasteiger partial charge on any atom is 0.345 e. The van der Waals surface area contributed by atoms with Gasteiger partial charge in [0.25, 0.3) is 11.8 Å². The van der Waals surface area contributed by atoms with E-state index in [0.29, 0.717) is 40.0 Å². The maximum atomic E-state index is 13.9. The van der Waals surface area contributed by atoms with Crippen LogP contribution in [0.1, 0.15) is 46.3 Å². The van der Waals surface area contributed by atoms with Crippen molar-refractivity contribution in [3.8, 4) is 33.9 Å². The van der Waals surface area contributed by atoms with Crippen LogP contribution >= 0.6 is 0 Å². The summed E-state index contributed by atoms with van der Waals surface area (Å²) in [5.74, 6) is -0.203. The summed E-state index contributed by atoms with van der Waals surface area (Å²) in [5.41, 5.74) is 1.21. The maximum absolute atomic E-state index is 13.9. The zero-order valence-electron chi connectivity index (χ0n) is 26.2. The van der Waals surface area contributed by atoms with E-state index < -0.39 is 35.9 Å². The third-order valence-corrected chi connectivity index (χ3v) is 8.20. The Morgan fingerprint density at radius 3 is 2.35 bits per heavy atom. The molecule has 3 aromatic carbocycles. The van der Waals surface area contributed by atoms with E-state index in [1.165, 1.54) is 50.8 Å². The lowest BCUT2D eigenvalue weighted by molar-refractivity contribution is -0.198. The number of furan rings is 1. The van der Waals surface area contributed by atoms with Crippen molar-refractivity contribution < 1.29 is 41.4 Å². The molecule has 0 unspecified atom stereocenters. The molecule has 2 amide bonds. The highest BCUT2D eigenvalue weighted by Gasteiger charge is 2.51. The molecule has 2 heterocycles. The first-order valence-electron chi connectivity index (χ1n) is 15.1. The van der Waals surface area contributed by atoms with Crippen molar-refractivity contribution >= 4 is 22.8 Å². The molecule has 48 heavy (non-hydrogen) atoms. The molecular formula is C35H31F3N4O6. The summed E-state index contributed by atoms with van der Waals surface area (Å²) >= 11 is 0. The van der Waals surface area contributed by atoms with Crippen LogP contribution in [-0.4, -0.2) is 55.3 Å². The first-order chi connectivity index (χ1) is 23.2. The highest BCUT2D eigenvalue weighted by molar-refractivity contribution is 6.12. The molecule has 5 aromatic rings. The number of carbonyl (C=O) groups is 2. The largest absolute Gasteiger partial charge is 0.496 e. The van der Waals surface area contributed by atoms with E-state index in [2.05, 4.69) is 25.3 Å². The van der Waals surface area contributed by atoms with E-state index in [9.17, 15) is 22.8 Å². The minimum atomic E-state index is -2.96. The van der Waals surface area contributed by atoms with E-state index in [-0.39, 0.29) is 41.3 Å². The van der Waals surface area contributed by atoms with Crippen LogP contribution in [-0.2, 0) is 10.3 Å². The number of aromatic nitrogens is 2. The van der Waals surface area contributed by atoms with Crippen LogP contribution in [0.25, 0.3) is 33.4 Å². The second kappa shape index (κ2) is 13.4. The van der Waals surface area contributed by atoms with Gasteiger partial charge < -0.3 is 29.3 Å². The van der Waals surface area contributed by atoms with Gasteiger partial charge in [-0.1, -0.05) is 6.07 Å². The quantitative estimate of drug-likeness (QED) is 0.165. The number of ether oxygens (including phenoxy) is 3. The number of halogens is 3. The summed E-state index contributed by atoms with van der Waals surface area (Å²) < 4.78 is 62.0. The molecule has 2 N–H and O–H groups in total. The first kappa shape index (κ1) is 32.5. The van der Waals surface area contributed by atoms with Gasteiger partial charge in [-0.2, -0.15) is 8.78 Å². The third kappa shape index (κ3) is 6.16. The van der Waals surface area contributed by atoms with E-state index >= 15 is 0 Å². The molecule has 1 saturated carbocycles. The van der Waals surface area contributed by atoms with Crippen molar-refractivity contribution in [2.24, 2.45) is 0 Å². The summed E-state index contributed by atoms with van der Waals surface area (Å²) in [4.78, 5) is 35.7. The van der Waals surface area contributed by atoms with Crippen LogP contribution in [0.2, 0.25) is 0 Å². The van der Waals surface area contributed by atoms with Gasteiger partial charge in [-0.15, -0.1) is 0 Å². The van der Waals surface area contributed by atoms with Gasteiger partial charge in [-0.3, -0.25) is 9.59 Å². The molecule has 1 aliphatic carbocycles. The Morgan fingerprint density at radius 2 is 1.71 bits per heavy atom. The van der Waals surface area contributed by atoms with Gasteiger partial charge in [0.05, 0.1) is 30.9 Å². The van der Waals surface area contributed by atoms with Gasteiger partial charge in [0.15, 0.2) is 5.82 Å². The van der Waals surface area contributed by atoms with Crippen molar-refractivity contribution in [1.82, 2.24) is 20.6 Å². The molecule has 1 fully saturated rings. The van der Waals surface area contributed by atoms with Crippen molar-refractivity contribution in [3.05, 3.63) is 95.8 Å². The van der Waals surface area contributed by atoms with Gasteiger partial charge >= 0.3 is 6.61 Å². The Hall–Kier alpha value is -5.43. The van der Waals surface area contributed by atoms with Gasteiger partial charge in [0.1, 0.15) is 34.2 Å². The molecule has 0 saturated heterocycles. The predicted octanol–water partition coefficient (Wildman–Crippen LogP) is 6.49. The van der Waals surface area contributed by atoms with E-state index in [1.54, 1.807) is 36.4 Å². The van der Waals surface area contributed by atoms with Crippen molar-refractivity contribution in [2.75, 3.05) is 20.8 Å². The molecule has 2 aromatic heterocycles. The summed E-state index contributed by atoms with van der Waals surface area (Å²) in [6.07, 6.45) is 2.30. The van der Waals surface area contributed by atoms with Crippen LogP contribution in [0.3, 0.4) is 0 Å². The molecule has 0 bridgehead atoms. The second-order valence-electron chi connectivity index (χ2n) is 11.1. The van der Waals surface area contributed by atoms with Gasteiger partial charge in [-0.05, 0) is 61.0 Å². The normalized spacial score (nSPS) is 17.2. The van der Waals surface area contributed by atoms with Crippen LogP contribution in [0.5, 0.6) is 11.5 Å². The Kier molecular flexibility index (Phi) is 9.05. The van der Waals surface area contributed by atoms with E-state index in [4.69, 9.17) is 13.9 Å². The third-order valence-electron chi connectivity index (χ3n) is 8.20. The van der Waals surface area contributed by atoms with Crippen LogP contribution in [0.4, 0.5) is 13.2 Å². The van der Waals surface area contributed by atoms with E-state index in [0.717, 1.165) is 0 Å². The number of amides is 2. The number of nitrogens with one attached hydrogen (secondary N) is 2. The Labute approximate surface area is 273 Å². The Bertz CT molecular complexity index is 1960. The van der Waals surface area contributed by atoms with Gasteiger partial charge in [0.2, 0.25) is 0 Å². The lowest BCUT2D eigenvalue weighted by Gasteiger charge is -2.46. The first-order valence-corrected chi connectivity index (χ1v) is 15.1. The number of fused-ring (bicyclic) bond motifs is 1. The number of hydrogen-bond donors (Lipinski definition) is 2. The molecule has 10 nitrogen and oxygen atoms in total. The summed E-state index contributed by atoms with van der Waals surface area (Å²) in [6, 6.07) is 15.6. The fraction of sp³-hybridized carbons (Fsp3) is 0.257. The lowest BCUT2D eigenvalue weighted by atomic mass is 9.73. The molecule has 248 valence electrons.